The largest absolute Gasteiger partial charge is 0.353 e. The number of rotatable bonds is 3. The minimum Gasteiger partial charge on any atom is -0.353 e. The lowest BCUT2D eigenvalue weighted by Crippen LogP contribution is -2.64. The third-order valence-electron chi connectivity index (χ3n) is 3.37. The van der Waals surface area contributed by atoms with Gasteiger partial charge < -0.3 is 16.0 Å². The monoisotopic (exact) mass is 233 g/mol. The molecule has 0 aromatic heterocycles. The highest BCUT2D eigenvalue weighted by atomic mass is 35.5. The molecule has 0 saturated carbocycles. The van der Waals surface area contributed by atoms with E-state index < -0.39 is 0 Å². The molecule has 3 N–H and O–H groups in total. The second-order valence-electron chi connectivity index (χ2n) is 4.96. The van der Waals surface area contributed by atoms with Crippen LogP contribution in [0.4, 0.5) is 0 Å². The zero-order valence-corrected chi connectivity index (χ0v) is 10.1. The van der Waals surface area contributed by atoms with Gasteiger partial charge in [-0.15, -0.1) is 12.4 Å². The van der Waals surface area contributed by atoms with Crippen molar-refractivity contribution in [1.29, 1.82) is 0 Å². The van der Waals surface area contributed by atoms with Gasteiger partial charge in [-0.1, -0.05) is 13.8 Å². The van der Waals surface area contributed by atoms with Gasteiger partial charge in [-0.2, -0.15) is 0 Å². The van der Waals surface area contributed by atoms with Crippen molar-refractivity contribution >= 4 is 18.3 Å². The fourth-order valence-corrected chi connectivity index (χ4v) is 1.84. The molecule has 88 valence electrons. The van der Waals surface area contributed by atoms with E-state index >= 15 is 0 Å². The third-order valence-corrected chi connectivity index (χ3v) is 3.37. The Morgan fingerprint density at radius 1 is 1.47 bits per heavy atom. The van der Waals surface area contributed by atoms with Crippen LogP contribution in [0.2, 0.25) is 0 Å². The van der Waals surface area contributed by atoms with Crippen molar-refractivity contribution in [1.82, 2.24) is 16.0 Å². The predicted molar refractivity (Wildman–Crippen MR) is 62.2 cm³/mol. The SMILES string of the molecule is CC1(C)CNC1CNC(=O)[C@H]1CCN1.Cl. The molecule has 0 aromatic carbocycles. The number of carbonyl (C=O) groups is 1. The fraction of sp³-hybridized carbons (Fsp3) is 0.900. The normalized spacial score (nSPS) is 31.9. The Balaban J connectivity index is 0.00000112. The molecule has 1 amide bonds. The van der Waals surface area contributed by atoms with Gasteiger partial charge in [0.15, 0.2) is 0 Å². The van der Waals surface area contributed by atoms with Crippen molar-refractivity contribution in [2.45, 2.75) is 32.4 Å². The highest BCUT2D eigenvalue weighted by molar-refractivity contribution is 5.85. The summed E-state index contributed by atoms with van der Waals surface area (Å²) < 4.78 is 0. The summed E-state index contributed by atoms with van der Waals surface area (Å²) >= 11 is 0. The summed E-state index contributed by atoms with van der Waals surface area (Å²) in [5.74, 6) is 0.153. The summed E-state index contributed by atoms with van der Waals surface area (Å²) in [6.07, 6.45) is 0.979. The average Bonchev–Trinajstić information content (AvgIpc) is 1.99. The zero-order valence-electron chi connectivity index (χ0n) is 9.30. The molecular formula is C10H20ClN3O. The first-order chi connectivity index (χ1) is 6.59. The number of nitrogens with one attached hydrogen (secondary N) is 3. The molecule has 2 aliphatic heterocycles. The molecule has 0 aromatic rings. The number of carbonyl (C=O) groups excluding carboxylic acids is 1. The van der Waals surface area contributed by atoms with E-state index in [1.165, 1.54) is 0 Å². The summed E-state index contributed by atoms with van der Waals surface area (Å²) in [7, 11) is 0. The van der Waals surface area contributed by atoms with E-state index in [-0.39, 0.29) is 24.4 Å². The lowest BCUT2D eigenvalue weighted by molar-refractivity contribution is -0.125. The van der Waals surface area contributed by atoms with E-state index in [1.54, 1.807) is 0 Å². The number of halogens is 1. The molecule has 0 spiro atoms. The molecule has 0 bridgehead atoms. The fourth-order valence-electron chi connectivity index (χ4n) is 1.84. The molecule has 2 fully saturated rings. The van der Waals surface area contributed by atoms with Crippen LogP contribution >= 0.6 is 12.4 Å². The molecule has 2 saturated heterocycles. The Labute approximate surface area is 97.0 Å². The maximum absolute atomic E-state index is 11.5. The molecule has 2 aliphatic rings. The van der Waals surface area contributed by atoms with E-state index in [9.17, 15) is 4.79 Å². The second-order valence-corrected chi connectivity index (χ2v) is 4.96. The van der Waals surface area contributed by atoms with Crippen molar-refractivity contribution in [2.24, 2.45) is 5.41 Å². The van der Waals surface area contributed by atoms with Gasteiger partial charge >= 0.3 is 0 Å². The quantitative estimate of drug-likeness (QED) is 0.638. The van der Waals surface area contributed by atoms with Crippen LogP contribution in [0.15, 0.2) is 0 Å². The van der Waals surface area contributed by atoms with Crippen molar-refractivity contribution < 1.29 is 4.79 Å². The topological polar surface area (TPSA) is 53.2 Å². The first-order valence-corrected chi connectivity index (χ1v) is 5.34. The van der Waals surface area contributed by atoms with E-state index in [4.69, 9.17) is 0 Å². The van der Waals surface area contributed by atoms with E-state index in [0.29, 0.717) is 11.5 Å². The Kier molecular flexibility index (Phi) is 3.98. The number of amides is 1. The molecule has 5 heteroatoms. The van der Waals surface area contributed by atoms with Gasteiger partial charge in [0, 0.05) is 19.1 Å². The highest BCUT2D eigenvalue weighted by Crippen LogP contribution is 2.27. The number of hydrogen-bond donors (Lipinski definition) is 3. The molecule has 2 heterocycles. The van der Waals surface area contributed by atoms with Crippen LogP contribution in [-0.2, 0) is 4.79 Å². The third kappa shape index (κ3) is 2.62. The first kappa shape index (κ1) is 12.7. The summed E-state index contributed by atoms with van der Waals surface area (Å²) in [4.78, 5) is 11.5. The number of hydrogen-bond acceptors (Lipinski definition) is 3. The highest BCUT2D eigenvalue weighted by Gasteiger charge is 2.38. The lowest BCUT2D eigenvalue weighted by atomic mass is 9.77. The summed E-state index contributed by atoms with van der Waals surface area (Å²) in [5, 5.41) is 9.40. The molecule has 15 heavy (non-hydrogen) atoms. The van der Waals surface area contributed by atoms with Crippen LogP contribution < -0.4 is 16.0 Å². The van der Waals surface area contributed by atoms with E-state index in [1.807, 2.05) is 0 Å². The Morgan fingerprint density at radius 2 is 2.13 bits per heavy atom. The Morgan fingerprint density at radius 3 is 2.47 bits per heavy atom. The predicted octanol–water partition coefficient (Wildman–Crippen LogP) is -0.116. The van der Waals surface area contributed by atoms with E-state index in [2.05, 4.69) is 29.8 Å². The summed E-state index contributed by atoms with van der Waals surface area (Å²) in [6.45, 7) is 7.23. The van der Waals surface area contributed by atoms with Crippen LogP contribution in [0.1, 0.15) is 20.3 Å². The van der Waals surface area contributed by atoms with Gasteiger partial charge in [0.2, 0.25) is 5.91 Å². The van der Waals surface area contributed by atoms with Gasteiger partial charge in [0.1, 0.15) is 0 Å². The molecule has 4 nitrogen and oxygen atoms in total. The second kappa shape index (κ2) is 4.68. The van der Waals surface area contributed by atoms with Crippen LogP contribution in [0.5, 0.6) is 0 Å². The van der Waals surface area contributed by atoms with Gasteiger partial charge in [0.25, 0.3) is 0 Å². The van der Waals surface area contributed by atoms with Crippen molar-refractivity contribution in [3.05, 3.63) is 0 Å². The van der Waals surface area contributed by atoms with Crippen molar-refractivity contribution in [3.63, 3.8) is 0 Å². The minimum absolute atomic E-state index is 0. The summed E-state index contributed by atoms with van der Waals surface area (Å²) in [5.41, 5.74) is 0.334. The Hall–Kier alpha value is -0.320. The minimum atomic E-state index is 0. The Bertz CT molecular complexity index is 241. The van der Waals surface area contributed by atoms with Crippen molar-refractivity contribution in [3.8, 4) is 0 Å². The molecule has 2 rings (SSSR count). The van der Waals surface area contributed by atoms with Gasteiger partial charge in [0.05, 0.1) is 6.04 Å². The molecular weight excluding hydrogens is 214 g/mol. The standard InChI is InChI=1S/C10H19N3O.ClH/c1-10(2)6-13-8(10)5-12-9(14)7-3-4-11-7;/h7-8,11,13H,3-6H2,1-2H3,(H,12,14);1H/t7-,8?;/m1./s1. The average molecular weight is 234 g/mol. The molecule has 1 unspecified atom stereocenters. The smallest absolute Gasteiger partial charge is 0.237 e. The van der Waals surface area contributed by atoms with E-state index in [0.717, 1.165) is 26.1 Å². The maximum Gasteiger partial charge on any atom is 0.237 e. The van der Waals surface area contributed by atoms with Crippen LogP contribution in [0.3, 0.4) is 0 Å². The van der Waals surface area contributed by atoms with Gasteiger partial charge in [-0.05, 0) is 18.4 Å². The first-order valence-electron chi connectivity index (χ1n) is 5.34. The van der Waals surface area contributed by atoms with Gasteiger partial charge in [-0.25, -0.2) is 0 Å². The van der Waals surface area contributed by atoms with Crippen molar-refractivity contribution in [2.75, 3.05) is 19.6 Å². The van der Waals surface area contributed by atoms with Gasteiger partial charge in [-0.3, -0.25) is 4.79 Å². The van der Waals surface area contributed by atoms with Crippen LogP contribution in [-0.4, -0.2) is 37.6 Å². The molecule has 2 atom stereocenters. The zero-order chi connectivity index (χ0) is 10.2. The van der Waals surface area contributed by atoms with Crippen LogP contribution in [0, 0.1) is 5.41 Å². The lowest BCUT2D eigenvalue weighted by Gasteiger charge is -2.46. The van der Waals surface area contributed by atoms with Crippen LogP contribution in [0.25, 0.3) is 0 Å². The summed E-state index contributed by atoms with van der Waals surface area (Å²) in [6, 6.07) is 0.504. The molecule has 0 radical (unpaired) electrons. The molecule has 0 aliphatic carbocycles. The maximum atomic E-state index is 11.5.